The quantitative estimate of drug-likeness (QED) is 0.746. The summed E-state index contributed by atoms with van der Waals surface area (Å²) in [6.45, 7) is 5.28. The summed E-state index contributed by atoms with van der Waals surface area (Å²) in [5.41, 5.74) is 0.996. The van der Waals surface area contributed by atoms with Crippen LogP contribution in [0.25, 0.3) is 0 Å². The Morgan fingerprint density at radius 2 is 2.10 bits per heavy atom. The number of hydrogen-bond acceptors (Lipinski definition) is 4. The third-order valence-electron chi connectivity index (χ3n) is 3.53. The van der Waals surface area contributed by atoms with Gasteiger partial charge in [-0.1, -0.05) is 30.3 Å². The molecule has 1 aliphatic rings. The van der Waals surface area contributed by atoms with Gasteiger partial charge in [0.1, 0.15) is 0 Å². The third-order valence-corrected chi connectivity index (χ3v) is 3.53. The van der Waals surface area contributed by atoms with E-state index in [0.29, 0.717) is 12.6 Å². The zero-order valence-electron chi connectivity index (χ0n) is 12.3. The summed E-state index contributed by atoms with van der Waals surface area (Å²) in [6.07, 6.45) is 0. The standard InChI is InChI=1S/C15H22N4O2/c1-12-9-16-7-8-19(12)11-14(20)18-15(21)17-10-13-5-3-2-4-6-13/h2-6,12,16H,7-11H2,1H3,(H2,17,18,20,21)/t12-/m1/s1. The Morgan fingerprint density at radius 1 is 1.33 bits per heavy atom. The highest BCUT2D eigenvalue weighted by molar-refractivity contribution is 5.95. The normalized spacial score (nSPS) is 19.0. The lowest BCUT2D eigenvalue weighted by Crippen LogP contribution is -2.53. The van der Waals surface area contributed by atoms with Gasteiger partial charge in [0, 0.05) is 32.2 Å². The molecule has 1 fully saturated rings. The zero-order chi connectivity index (χ0) is 15.1. The van der Waals surface area contributed by atoms with Crippen LogP contribution in [-0.2, 0) is 11.3 Å². The largest absolute Gasteiger partial charge is 0.334 e. The number of nitrogens with one attached hydrogen (secondary N) is 3. The van der Waals surface area contributed by atoms with Crippen molar-refractivity contribution in [3.8, 4) is 0 Å². The van der Waals surface area contributed by atoms with Crippen molar-refractivity contribution in [2.75, 3.05) is 26.2 Å². The van der Waals surface area contributed by atoms with E-state index in [-0.39, 0.29) is 12.5 Å². The Hall–Kier alpha value is -1.92. The lowest BCUT2D eigenvalue weighted by atomic mass is 10.2. The molecule has 6 heteroatoms. The first-order valence-corrected chi connectivity index (χ1v) is 7.21. The second kappa shape index (κ2) is 7.75. The number of hydrogen-bond donors (Lipinski definition) is 3. The van der Waals surface area contributed by atoms with E-state index in [0.717, 1.165) is 25.2 Å². The first kappa shape index (κ1) is 15.5. The number of piperazine rings is 1. The van der Waals surface area contributed by atoms with Gasteiger partial charge >= 0.3 is 6.03 Å². The molecule has 0 saturated carbocycles. The van der Waals surface area contributed by atoms with Gasteiger partial charge in [-0.3, -0.25) is 15.0 Å². The molecule has 1 atom stereocenters. The summed E-state index contributed by atoms with van der Waals surface area (Å²) in [6, 6.07) is 9.43. The second-order valence-electron chi connectivity index (χ2n) is 5.24. The molecule has 3 amide bonds. The molecule has 1 aromatic carbocycles. The number of benzene rings is 1. The van der Waals surface area contributed by atoms with Crippen LogP contribution in [0.2, 0.25) is 0 Å². The predicted octanol–water partition coefficient (Wildman–Crippen LogP) is 0.306. The summed E-state index contributed by atoms with van der Waals surface area (Å²) in [5, 5.41) is 8.31. The fourth-order valence-electron chi connectivity index (χ4n) is 2.29. The molecule has 114 valence electrons. The Bertz CT molecular complexity index is 478. The van der Waals surface area contributed by atoms with Crippen LogP contribution < -0.4 is 16.0 Å². The van der Waals surface area contributed by atoms with Crippen molar-refractivity contribution in [1.29, 1.82) is 0 Å². The molecule has 0 spiro atoms. The van der Waals surface area contributed by atoms with E-state index in [9.17, 15) is 9.59 Å². The van der Waals surface area contributed by atoms with E-state index < -0.39 is 6.03 Å². The Labute approximate surface area is 124 Å². The first-order valence-electron chi connectivity index (χ1n) is 7.21. The SMILES string of the molecule is C[C@@H]1CNCCN1CC(=O)NC(=O)NCc1ccccc1. The summed E-state index contributed by atoms with van der Waals surface area (Å²) < 4.78 is 0. The molecule has 0 bridgehead atoms. The molecule has 6 nitrogen and oxygen atoms in total. The van der Waals surface area contributed by atoms with Gasteiger partial charge in [-0.05, 0) is 12.5 Å². The van der Waals surface area contributed by atoms with Crippen LogP contribution >= 0.6 is 0 Å². The van der Waals surface area contributed by atoms with Crippen molar-refractivity contribution in [3.63, 3.8) is 0 Å². The molecular weight excluding hydrogens is 268 g/mol. The predicted molar refractivity (Wildman–Crippen MR) is 80.7 cm³/mol. The maximum Gasteiger partial charge on any atom is 0.321 e. The number of rotatable bonds is 4. The van der Waals surface area contributed by atoms with Gasteiger partial charge in [0.05, 0.1) is 6.54 Å². The van der Waals surface area contributed by atoms with Crippen LogP contribution in [0.4, 0.5) is 4.79 Å². The molecule has 0 aromatic heterocycles. The molecule has 2 rings (SSSR count). The van der Waals surface area contributed by atoms with Crippen LogP contribution in [0.1, 0.15) is 12.5 Å². The van der Waals surface area contributed by atoms with E-state index in [1.54, 1.807) is 0 Å². The highest BCUT2D eigenvalue weighted by Gasteiger charge is 2.20. The van der Waals surface area contributed by atoms with Gasteiger partial charge in [-0.15, -0.1) is 0 Å². The number of imide groups is 1. The molecule has 0 radical (unpaired) electrons. The minimum absolute atomic E-state index is 0.252. The van der Waals surface area contributed by atoms with Crippen molar-refractivity contribution in [2.24, 2.45) is 0 Å². The molecule has 3 N–H and O–H groups in total. The van der Waals surface area contributed by atoms with Gasteiger partial charge in [0.2, 0.25) is 5.91 Å². The minimum Gasteiger partial charge on any atom is -0.334 e. The molecule has 1 heterocycles. The third kappa shape index (κ3) is 5.17. The molecule has 21 heavy (non-hydrogen) atoms. The second-order valence-corrected chi connectivity index (χ2v) is 5.24. The highest BCUT2D eigenvalue weighted by atomic mass is 16.2. The van der Waals surface area contributed by atoms with Crippen LogP contribution in [0.15, 0.2) is 30.3 Å². The van der Waals surface area contributed by atoms with Crippen molar-refractivity contribution >= 4 is 11.9 Å². The number of amides is 3. The molecule has 0 aliphatic carbocycles. The number of urea groups is 1. The monoisotopic (exact) mass is 290 g/mol. The topological polar surface area (TPSA) is 73.5 Å². The molecule has 1 aliphatic heterocycles. The van der Waals surface area contributed by atoms with E-state index in [4.69, 9.17) is 0 Å². The molecule has 1 saturated heterocycles. The van der Waals surface area contributed by atoms with Gasteiger partial charge in [0.15, 0.2) is 0 Å². The van der Waals surface area contributed by atoms with Crippen LogP contribution in [0, 0.1) is 0 Å². The molecular formula is C15H22N4O2. The summed E-state index contributed by atoms with van der Waals surface area (Å²) in [5.74, 6) is -0.269. The fourth-order valence-corrected chi connectivity index (χ4v) is 2.29. The zero-order valence-corrected chi connectivity index (χ0v) is 12.3. The van der Waals surface area contributed by atoms with E-state index in [1.807, 2.05) is 30.3 Å². The van der Waals surface area contributed by atoms with E-state index >= 15 is 0 Å². The van der Waals surface area contributed by atoms with Crippen LogP contribution in [-0.4, -0.2) is 49.1 Å². The molecule has 1 aromatic rings. The Balaban J connectivity index is 1.70. The van der Waals surface area contributed by atoms with E-state index in [2.05, 4.69) is 27.8 Å². The van der Waals surface area contributed by atoms with Crippen molar-refractivity contribution < 1.29 is 9.59 Å². The van der Waals surface area contributed by atoms with Gasteiger partial charge in [-0.25, -0.2) is 4.79 Å². The summed E-state index contributed by atoms with van der Waals surface area (Å²) in [4.78, 5) is 25.6. The maximum atomic E-state index is 11.8. The number of nitrogens with zero attached hydrogens (tertiary/aromatic N) is 1. The van der Waals surface area contributed by atoms with Crippen molar-refractivity contribution in [2.45, 2.75) is 19.5 Å². The summed E-state index contributed by atoms with van der Waals surface area (Å²) in [7, 11) is 0. The van der Waals surface area contributed by atoms with Crippen molar-refractivity contribution in [3.05, 3.63) is 35.9 Å². The first-order chi connectivity index (χ1) is 10.1. The van der Waals surface area contributed by atoms with Gasteiger partial charge < -0.3 is 10.6 Å². The van der Waals surface area contributed by atoms with Crippen molar-refractivity contribution in [1.82, 2.24) is 20.9 Å². The van der Waals surface area contributed by atoms with E-state index in [1.165, 1.54) is 0 Å². The average molecular weight is 290 g/mol. The smallest absolute Gasteiger partial charge is 0.321 e. The lowest BCUT2D eigenvalue weighted by molar-refractivity contribution is -0.121. The maximum absolute atomic E-state index is 11.8. The number of carbonyl (C=O) groups excluding carboxylic acids is 2. The fraction of sp³-hybridized carbons (Fsp3) is 0.467. The van der Waals surface area contributed by atoms with Crippen LogP contribution in [0.3, 0.4) is 0 Å². The lowest BCUT2D eigenvalue weighted by Gasteiger charge is -2.33. The molecule has 0 unspecified atom stereocenters. The van der Waals surface area contributed by atoms with Gasteiger partial charge in [0.25, 0.3) is 0 Å². The van der Waals surface area contributed by atoms with Crippen LogP contribution in [0.5, 0.6) is 0 Å². The minimum atomic E-state index is -0.452. The Kier molecular flexibility index (Phi) is 5.71. The number of carbonyl (C=O) groups is 2. The summed E-state index contributed by atoms with van der Waals surface area (Å²) >= 11 is 0. The average Bonchev–Trinajstić information content (AvgIpc) is 2.48. The highest BCUT2D eigenvalue weighted by Crippen LogP contribution is 2.01. The Morgan fingerprint density at radius 3 is 2.81 bits per heavy atom. The van der Waals surface area contributed by atoms with Gasteiger partial charge in [-0.2, -0.15) is 0 Å².